The molecule has 0 saturated carbocycles. The minimum absolute atomic E-state index is 0. The molecule has 0 amide bonds. The molecule has 0 saturated heterocycles. The van der Waals surface area contributed by atoms with Crippen molar-refractivity contribution in [2.45, 2.75) is 13.0 Å². The number of nitrogens with zero attached hydrogens (tertiary/aromatic N) is 2. The first-order valence-electron chi connectivity index (χ1n) is 8.27. The van der Waals surface area contributed by atoms with Gasteiger partial charge in [-0.3, -0.25) is 0 Å². The first-order chi connectivity index (χ1) is 12.1. The Balaban J connectivity index is 0.00000338. The van der Waals surface area contributed by atoms with Crippen molar-refractivity contribution >= 4 is 35.9 Å². The Morgan fingerprint density at radius 3 is 2.27 bits per heavy atom. The lowest BCUT2D eigenvalue weighted by Crippen LogP contribution is -2.37. The molecule has 0 unspecified atom stereocenters. The van der Waals surface area contributed by atoms with Crippen LogP contribution in [0.3, 0.4) is 0 Å². The highest BCUT2D eigenvalue weighted by Gasteiger charge is 2.05. The SMILES string of the molecule is COC(=O)c1ccc(CCNC(=NCc2ccccc2)N(C)C)cc1.I. The molecule has 2 aromatic carbocycles. The van der Waals surface area contributed by atoms with E-state index in [2.05, 4.69) is 22.4 Å². The topological polar surface area (TPSA) is 53.9 Å². The molecule has 5 nitrogen and oxygen atoms in total. The summed E-state index contributed by atoms with van der Waals surface area (Å²) in [6.07, 6.45) is 0.847. The van der Waals surface area contributed by atoms with Crippen molar-refractivity contribution in [3.63, 3.8) is 0 Å². The van der Waals surface area contributed by atoms with Crippen molar-refractivity contribution in [3.8, 4) is 0 Å². The molecular formula is C20H26IN3O2. The van der Waals surface area contributed by atoms with E-state index in [4.69, 9.17) is 4.74 Å². The van der Waals surface area contributed by atoms with Crippen LogP contribution < -0.4 is 5.32 Å². The van der Waals surface area contributed by atoms with E-state index >= 15 is 0 Å². The summed E-state index contributed by atoms with van der Waals surface area (Å²) in [5.74, 6) is 0.544. The van der Waals surface area contributed by atoms with Crippen LogP contribution >= 0.6 is 24.0 Å². The second kappa shape index (κ2) is 11.5. The summed E-state index contributed by atoms with van der Waals surface area (Å²) in [6.45, 7) is 1.42. The van der Waals surface area contributed by atoms with Crippen LogP contribution in [0.15, 0.2) is 59.6 Å². The number of nitrogens with one attached hydrogen (secondary N) is 1. The van der Waals surface area contributed by atoms with Crippen LogP contribution in [-0.4, -0.2) is 44.6 Å². The molecule has 0 aliphatic carbocycles. The molecule has 0 spiro atoms. The number of halogens is 1. The van der Waals surface area contributed by atoms with Gasteiger partial charge in [0.2, 0.25) is 0 Å². The van der Waals surface area contributed by atoms with E-state index in [9.17, 15) is 4.79 Å². The van der Waals surface area contributed by atoms with Crippen molar-refractivity contribution in [3.05, 3.63) is 71.3 Å². The van der Waals surface area contributed by atoms with Crippen molar-refractivity contribution in [1.29, 1.82) is 0 Å². The Labute approximate surface area is 172 Å². The van der Waals surface area contributed by atoms with Gasteiger partial charge in [0.25, 0.3) is 0 Å². The Kier molecular flexibility index (Phi) is 9.72. The molecule has 0 atom stereocenters. The molecule has 6 heteroatoms. The summed E-state index contributed by atoms with van der Waals surface area (Å²) >= 11 is 0. The second-order valence-corrected chi connectivity index (χ2v) is 5.89. The average molecular weight is 467 g/mol. The van der Waals surface area contributed by atoms with E-state index < -0.39 is 0 Å². The number of hydrogen-bond donors (Lipinski definition) is 1. The van der Waals surface area contributed by atoms with Crippen LogP contribution in [0.5, 0.6) is 0 Å². The fraction of sp³-hybridized carbons (Fsp3) is 0.300. The number of benzene rings is 2. The normalized spacial score (nSPS) is 10.7. The number of methoxy groups -OCH3 is 1. The van der Waals surface area contributed by atoms with E-state index in [-0.39, 0.29) is 29.9 Å². The number of carbonyl (C=O) groups is 1. The highest BCUT2D eigenvalue weighted by Crippen LogP contribution is 2.06. The Hall–Kier alpha value is -2.09. The summed E-state index contributed by atoms with van der Waals surface area (Å²) in [5, 5.41) is 3.37. The second-order valence-electron chi connectivity index (χ2n) is 5.89. The van der Waals surface area contributed by atoms with Gasteiger partial charge in [-0.2, -0.15) is 0 Å². The number of aliphatic imine (C=N–C) groups is 1. The molecule has 2 aromatic rings. The van der Waals surface area contributed by atoms with Gasteiger partial charge in [-0.25, -0.2) is 9.79 Å². The molecule has 2 rings (SSSR count). The molecule has 0 heterocycles. The quantitative estimate of drug-likeness (QED) is 0.307. The zero-order valence-electron chi connectivity index (χ0n) is 15.4. The maximum absolute atomic E-state index is 11.4. The van der Waals surface area contributed by atoms with Gasteiger partial charge in [-0.15, -0.1) is 24.0 Å². The van der Waals surface area contributed by atoms with Crippen LogP contribution in [-0.2, 0) is 17.7 Å². The predicted molar refractivity (Wildman–Crippen MR) is 116 cm³/mol. The number of guanidine groups is 1. The minimum atomic E-state index is -0.312. The highest BCUT2D eigenvalue weighted by atomic mass is 127. The monoisotopic (exact) mass is 467 g/mol. The number of esters is 1. The largest absolute Gasteiger partial charge is 0.465 e. The fourth-order valence-electron chi connectivity index (χ4n) is 2.35. The van der Waals surface area contributed by atoms with Gasteiger partial charge in [-0.1, -0.05) is 42.5 Å². The Bertz CT molecular complexity index is 701. The number of hydrogen-bond acceptors (Lipinski definition) is 3. The third-order valence-corrected chi connectivity index (χ3v) is 3.75. The summed E-state index contributed by atoms with van der Waals surface area (Å²) in [4.78, 5) is 18.1. The lowest BCUT2D eigenvalue weighted by atomic mass is 10.1. The Morgan fingerprint density at radius 2 is 1.69 bits per heavy atom. The lowest BCUT2D eigenvalue weighted by Gasteiger charge is -2.17. The van der Waals surface area contributed by atoms with Crippen LogP contribution in [0.25, 0.3) is 0 Å². The zero-order chi connectivity index (χ0) is 18.1. The van der Waals surface area contributed by atoms with Gasteiger partial charge < -0.3 is 15.0 Å². The molecule has 0 bridgehead atoms. The molecule has 0 aromatic heterocycles. The van der Waals surface area contributed by atoms with E-state index in [1.807, 2.05) is 49.3 Å². The average Bonchev–Trinajstić information content (AvgIpc) is 2.65. The van der Waals surface area contributed by atoms with Crippen molar-refractivity contribution in [2.75, 3.05) is 27.7 Å². The fourth-order valence-corrected chi connectivity index (χ4v) is 2.35. The maximum Gasteiger partial charge on any atom is 0.337 e. The van der Waals surface area contributed by atoms with Gasteiger partial charge in [0.05, 0.1) is 19.2 Å². The summed E-state index contributed by atoms with van der Waals surface area (Å²) in [6, 6.07) is 17.7. The van der Waals surface area contributed by atoms with Crippen LogP contribution in [0.1, 0.15) is 21.5 Å². The van der Waals surface area contributed by atoms with E-state index in [0.717, 1.165) is 24.5 Å². The molecule has 0 aliphatic rings. The standard InChI is InChI=1S/C20H25N3O2.HI/c1-23(2)20(22-15-17-7-5-4-6-8-17)21-14-13-16-9-11-18(12-10-16)19(24)25-3;/h4-12H,13-15H2,1-3H3,(H,21,22);1H. The molecule has 26 heavy (non-hydrogen) atoms. The maximum atomic E-state index is 11.4. The van der Waals surface area contributed by atoms with Crippen LogP contribution in [0, 0.1) is 0 Å². The lowest BCUT2D eigenvalue weighted by molar-refractivity contribution is 0.0600. The van der Waals surface area contributed by atoms with E-state index in [1.165, 1.54) is 12.7 Å². The third kappa shape index (κ3) is 7.03. The zero-order valence-corrected chi connectivity index (χ0v) is 17.8. The van der Waals surface area contributed by atoms with Gasteiger partial charge in [-0.05, 0) is 29.7 Å². The third-order valence-electron chi connectivity index (χ3n) is 3.75. The van der Waals surface area contributed by atoms with Gasteiger partial charge in [0.15, 0.2) is 5.96 Å². The van der Waals surface area contributed by atoms with Crippen molar-refractivity contribution in [2.24, 2.45) is 4.99 Å². The molecule has 140 valence electrons. The number of carbonyl (C=O) groups excluding carboxylic acids is 1. The van der Waals surface area contributed by atoms with Gasteiger partial charge in [0.1, 0.15) is 0 Å². The van der Waals surface area contributed by atoms with Gasteiger partial charge in [0, 0.05) is 20.6 Å². The van der Waals surface area contributed by atoms with Crippen LogP contribution in [0.2, 0.25) is 0 Å². The van der Waals surface area contributed by atoms with Gasteiger partial charge >= 0.3 is 5.97 Å². The Morgan fingerprint density at radius 1 is 1.04 bits per heavy atom. The summed E-state index contributed by atoms with van der Waals surface area (Å²) in [7, 11) is 5.34. The number of rotatable bonds is 6. The minimum Gasteiger partial charge on any atom is -0.465 e. The smallest absolute Gasteiger partial charge is 0.337 e. The molecule has 1 N–H and O–H groups in total. The molecule has 0 fully saturated rings. The summed E-state index contributed by atoms with van der Waals surface area (Å²) < 4.78 is 4.71. The molecular weight excluding hydrogens is 441 g/mol. The van der Waals surface area contributed by atoms with E-state index in [1.54, 1.807) is 12.1 Å². The van der Waals surface area contributed by atoms with Crippen LogP contribution in [0.4, 0.5) is 0 Å². The van der Waals surface area contributed by atoms with Crippen molar-refractivity contribution < 1.29 is 9.53 Å². The predicted octanol–water partition coefficient (Wildman–Crippen LogP) is 3.34. The van der Waals surface area contributed by atoms with E-state index in [0.29, 0.717) is 12.1 Å². The number of ether oxygens (including phenoxy) is 1. The highest BCUT2D eigenvalue weighted by molar-refractivity contribution is 14.0. The first kappa shape index (κ1) is 22.0. The molecule has 0 radical (unpaired) electrons. The molecule has 0 aliphatic heterocycles. The first-order valence-corrected chi connectivity index (χ1v) is 8.27. The van der Waals surface area contributed by atoms with Crippen molar-refractivity contribution in [1.82, 2.24) is 10.2 Å². The summed E-state index contributed by atoms with van der Waals surface area (Å²) in [5.41, 5.74) is 2.90.